The first-order valence-electron chi connectivity index (χ1n) is 6.19. The second-order valence-electron chi connectivity index (χ2n) is 4.69. The van der Waals surface area contributed by atoms with Gasteiger partial charge in [0.1, 0.15) is 5.75 Å². The highest BCUT2D eigenvalue weighted by molar-refractivity contribution is 5.62. The number of ether oxygens (including phenoxy) is 1. The van der Waals surface area contributed by atoms with Gasteiger partial charge >= 0.3 is 6.16 Å². The molecule has 92 valence electrons. The second-order valence-corrected chi connectivity index (χ2v) is 4.69. The SMILES string of the molecule is Cc1cccc(OC(=O)O)c1C1CCCCC1. The molecule has 0 aliphatic heterocycles. The van der Waals surface area contributed by atoms with E-state index >= 15 is 0 Å². The number of benzene rings is 1. The van der Waals surface area contributed by atoms with E-state index in [-0.39, 0.29) is 0 Å². The van der Waals surface area contributed by atoms with Crippen LogP contribution in [0.3, 0.4) is 0 Å². The van der Waals surface area contributed by atoms with E-state index in [1.165, 1.54) is 19.3 Å². The zero-order chi connectivity index (χ0) is 12.3. The summed E-state index contributed by atoms with van der Waals surface area (Å²) in [5.41, 5.74) is 2.23. The molecule has 1 saturated carbocycles. The molecule has 1 aliphatic rings. The quantitative estimate of drug-likeness (QED) is 0.619. The lowest BCUT2D eigenvalue weighted by Gasteiger charge is -2.25. The molecule has 0 radical (unpaired) electrons. The molecule has 0 unspecified atom stereocenters. The Balaban J connectivity index is 2.31. The van der Waals surface area contributed by atoms with E-state index in [1.807, 2.05) is 19.1 Å². The molecule has 2 rings (SSSR count). The van der Waals surface area contributed by atoms with Crippen molar-refractivity contribution in [3.05, 3.63) is 29.3 Å². The summed E-state index contributed by atoms with van der Waals surface area (Å²) in [6.07, 6.45) is 4.79. The zero-order valence-corrected chi connectivity index (χ0v) is 10.1. The van der Waals surface area contributed by atoms with Crippen molar-refractivity contribution in [3.63, 3.8) is 0 Å². The fraction of sp³-hybridized carbons (Fsp3) is 0.500. The average Bonchev–Trinajstić information content (AvgIpc) is 2.29. The Hall–Kier alpha value is -1.51. The lowest BCUT2D eigenvalue weighted by atomic mass is 9.82. The van der Waals surface area contributed by atoms with Crippen LogP contribution < -0.4 is 4.74 Å². The van der Waals surface area contributed by atoms with Crippen LogP contribution in [0.4, 0.5) is 4.79 Å². The van der Waals surface area contributed by atoms with E-state index in [9.17, 15) is 4.79 Å². The molecule has 1 N–H and O–H groups in total. The molecule has 0 aromatic heterocycles. The first-order valence-corrected chi connectivity index (χ1v) is 6.19. The first kappa shape index (κ1) is 12.0. The van der Waals surface area contributed by atoms with Gasteiger partial charge in [-0.3, -0.25) is 0 Å². The van der Waals surface area contributed by atoms with Gasteiger partial charge in [0, 0.05) is 5.56 Å². The van der Waals surface area contributed by atoms with Crippen LogP contribution in [-0.2, 0) is 0 Å². The number of carbonyl (C=O) groups is 1. The van der Waals surface area contributed by atoms with Crippen LogP contribution in [-0.4, -0.2) is 11.3 Å². The van der Waals surface area contributed by atoms with Crippen LogP contribution in [0.1, 0.15) is 49.1 Å². The van der Waals surface area contributed by atoms with Gasteiger partial charge in [0.25, 0.3) is 0 Å². The lowest BCUT2D eigenvalue weighted by molar-refractivity contribution is 0.143. The minimum Gasteiger partial charge on any atom is -0.449 e. The summed E-state index contributed by atoms with van der Waals surface area (Å²) in [5.74, 6) is 0.976. The fourth-order valence-electron chi connectivity index (χ4n) is 2.75. The van der Waals surface area contributed by atoms with Crippen molar-refractivity contribution in [2.24, 2.45) is 0 Å². The number of carboxylic acid groups (broad SMARTS) is 1. The van der Waals surface area contributed by atoms with E-state index in [0.717, 1.165) is 24.0 Å². The van der Waals surface area contributed by atoms with Crippen molar-refractivity contribution in [3.8, 4) is 5.75 Å². The molecule has 0 atom stereocenters. The van der Waals surface area contributed by atoms with Crippen molar-refractivity contribution >= 4 is 6.16 Å². The van der Waals surface area contributed by atoms with Crippen LogP contribution in [0.15, 0.2) is 18.2 Å². The molecule has 0 amide bonds. The van der Waals surface area contributed by atoms with Gasteiger partial charge in [-0.15, -0.1) is 0 Å². The third-order valence-electron chi connectivity index (χ3n) is 3.49. The molecule has 0 heterocycles. The highest BCUT2D eigenvalue weighted by Crippen LogP contribution is 2.39. The normalized spacial score (nSPS) is 16.8. The highest BCUT2D eigenvalue weighted by atomic mass is 16.7. The lowest BCUT2D eigenvalue weighted by Crippen LogP contribution is -2.11. The summed E-state index contributed by atoms with van der Waals surface area (Å²) in [5, 5.41) is 8.76. The van der Waals surface area contributed by atoms with E-state index < -0.39 is 6.16 Å². The van der Waals surface area contributed by atoms with Crippen molar-refractivity contribution in [1.82, 2.24) is 0 Å². The van der Waals surface area contributed by atoms with Crippen LogP contribution in [0.2, 0.25) is 0 Å². The first-order chi connectivity index (χ1) is 8.18. The highest BCUT2D eigenvalue weighted by Gasteiger charge is 2.21. The van der Waals surface area contributed by atoms with Gasteiger partial charge in [-0.1, -0.05) is 31.4 Å². The van der Waals surface area contributed by atoms with Gasteiger partial charge in [0.15, 0.2) is 0 Å². The van der Waals surface area contributed by atoms with Gasteiger partial charge in [0.05, 0.1) is 0 Å². The second kappa shape index (κ2) is 5.21. The molecule has 0 saturated heterocycles. The van der Waals surface area contributed by atoms with Crippen LogP contribution in [0.25, 0.3) is 0 Å². The summed E-state index contributed by atoms with van der Waals surface area (Å²) in [4.78, 5) is 10.7. The largest absolute Gasteiger partial charge is 0.511 e. The maximum Gasteiger partial charge on any atom is 0.511 e. The standard InChI is InChI=1S/C14H18O3/c1-10-6-5-9-12(17-14(15)16)13(10)11-7-3-2-4-8-11/h5-6,9,11H,2-4,7-8H2,1H3,(H,15,16). The van der Waals surface area contributed by atoms with E-state index in [1.54, 1.807) is 6.07 Å². The molecule has 1 aromatic carbocycles. The molecule has 1 fully saturated rings. The van der Waals surface area contributed by atoms with E-state index in [0.29, 0.717) is 11.7 Å². The molecule has 0 bridgehead atoms. The van der Waals surface area contributed by atoms with Crippen LogP contribution >= 0.6 is 0 Å². The Kier molecular flexibility index (Phi) is 3.67. The third kappa shape index (κ3) is 2.78. The summed E-state index contributed by atoms with van der Waals surface area (Å²) in [7, 11) is 0. The Morgan fingerprint density at radius 3 is 2.65 bits per heavy atom. The topological polar surface area (TPSA) is 46.5 Å². The van der Waals surface area contributed by atoms with Gasteiger partial charge in [-0.25, -0.2) is 4.79 Å². The predicted octanol–water partition coefficient (Wildman–Crippen LogP) is 4.10. The number of hydrogen-bond acceptors (Lipinski definition) is 2. The fourth-order valence-corrected chi connectivity index (χ4v) is 2.75. The maximum atomic E-state index is 10.7. The van der Waals surface area contributed by atoms with Crippen molar-refractivity contribution in [1.29, 1.82) is 0 Å². The summed E-state index contributed by atoms with van der Waals surface area (Å²) in [6, 6.07) is 5.63. The Morgan fingerprint density at radius 2 is 2.00 bits per heavy atom. The predicted molar refractivity (Wildman–Crippen MR) is 65.7 cm³/mol. The number of aryl methyl sites for hydroxylation is 1. The van der Waals surface area contributed by atoms with Crippen LogP contribution in [0.5, 0.6) is 5.75 Å². The Bertz CT molecular complexity index is 406. The number of hydrogen-bond donors (Lipinski definition) is 1. The molecule has 1 aliphatic carbocycles. The Labute approximate surface area is 101 Å². The van der Waals surface area contributed by atoms with Gasteiger partial charge in [-0.05, 0) is 37.3 Å². The smallest absolute Gasteiger partial charge is 0.449 e. The molecular weight excluding hydrogens is 216 g/mol. The van der Waals surface area contributed by atoms with Gasteiger partial charge in [0.2, 0.25) is 0 Å². The summed E-state index contributed by atoms with van der Waals surface area (Å²) < 4.78 is 4.90. The van der Waals surface area contributed by atoms with Crippen molar-refractivity contribution < 1.29 is 14.6 Å². The molecule has 17 heavy (non-hydrogen) atoms. The molecule has 1 aromatic rings. The third-order valence-corrected chi connectivity index (χ3v) is 3.49. The van der Waals surface area contributed by atoms with Gasteiger partial charge < -0.3 is 9.84 Å². The maximum absolute atomic E-state index is 10.7. The number of rotatable bonds is 2. The minimum absolute atomic E-state index is 0.458. The van der Waals surface area contributed by atoms with E-state index in [2.05, 4.69) is 0 Å². The molecule has 3 nitrogen and oxygen atoms in total. The molecule has 0 spiro atoms. The summed E-state index contributed by atoms with van der Waals surface area (Å²) in [6.45, 7) is 2.03. The van der Waals surface area contributed by atoms with Crippen molar-refractivity contribution in [2.75, 3.05) is 0 Å². The van der Waals surface area contributed by atoms with Crippen molar-refractivity contribution in [2.45, 2.75) is 44.9 Å². The molecular formula is C14H18O3. The monoisotopic (exact) mass is 234 g/mol. The Morgan fingerprint density at radius 1 is 1.29 bits per heavy atom. The molecule has 3 heteroatoms. The average molecular weight is 234 g/mol. The van der Waals surface area contributed by atoms with E-state index in [4.69, 9.17) is 9.84 Å². The summed E-state index contributed by atoms with van der Waals surface area (Å²) >= 11 is 0. The van der Waals surface area contributed by atoms with Gasteiger partial charge in [-0.2, -0.15) is 0 Å². The minimum atomic E-state index is -1.23. The zero-order valence-electron chi connectivity index (χ0n) is 10.1. The van der Waals surface area contributed by atoms with Crippen LogP contribution in [0, 0.1) is 6.92 Å².